The van der Waals surface area contributed by atoms with E-state index in [4.69, 9.17) is 25.8 Å². The number of methoxy groups -OCH3 is 1. The number of ether oxygens (including phenoxy) is 3. The highest BCUT2D eigenvalue weighted by Crippen LogP contribution is 2.21. The lowest BCUT2D eigenvalue weighted by Crippen LogP contribution is -2.37. The van der Waals surface area contributed by atoms with Crippen molar-refractivity contribution in [3.8, 4) is 11.5 Å². The Hall–Kier alpha value is -3.26. The first kappa shape index (κ1) is 21.0. The van der Waals surface area contributed by atoms with Gasteiger partial charge in [-0.2, -0.15) is 0 Å². The van der Waals surface area contributed by atoms with Crippen molar-refractivity contribution in [3.05, 3.63) is 53.1 Å². The van der Waals surface area contributed by atoms with Gasteiger partial charge in [0.1, 0.15) is 11.5 Å². The summed E-state index contributed by atoms with van der Waals surface area (Å²) in [6.45, 7) is 0.785. The van der Waals surface area contributed by atoms with E-state index in [1.165, 1.54) is 7.11 Å². The second-order valence-electron chi connectivity index (χ2n) is 5.59. The molecule has 2 rings (SSSR count). The van der Waals surface area contributed by atoms with Gasteiger partial charge in [0.25, 0.3) is 5.91 Å². The molecule has 2 N–H and O–H groups in total. The van der Waals surface area contributed by atoms with Gasteiger partial charge in [-0.15, -0.1) is 0 Å². The Morgan fingerprint density at radius 3 is 2.39 bits per heavy atom. The molecule has 148 valence electrons. The van der Waals surface area contributed by atoms with Crippen LogP contribution in [0.2, 0.25) is 5.02 Å². The third-order valence-corrected chi connectivity index (χ3v) is 3.68. The van der Waals surface area contributed by atoms with Crippen LogP contribution in [0.5, 0.6) is 11.5 Å². The molecule has 0 fully saturated rings. The van der Waals surface area contributed by atoms with Crippen LogP contribution < -0.4 is 20.1 Å². The Labute approximate surface area is 166 Å². The smallest absolute Gasteiger partial charge is 0.344 e. The molecule has 0 saturated carbocycles. The Bertz CT molecular complexity index is 854. The van der Waals surface area contributed by atoms with Gasteiger partial charge in [0, 0.05) is 10.7 Å². The van der Waals surface area contributed by atoms with Crippen molar-refractivity contribution in [2.75, 3.05) is 25.6 Å². The fourth-order valence-electron chi connectivity index (χ4n) is 2.10. The summed E-state index contributed by atoms with van der Waals surface area (Å²) in [5, 5.41) is 5.07. The highest BCUT2D eigenvalue weighted by molar-refractivity contribution is 6.30. The third-order valence-electron chi connectivity index (χ3n) is 3.45. The van der Waals surface area contributed by atoms with E-state index in [1.54, 1.807) is 49.4 Å². The van der Waals surface area contributed by atoms with Crippen molar-refractivity contribution in [3.63, 3.8) is 0 Å². The fourth-order valence-corrected chi connectivity index (χ4v) is 2.33. The maximum absolute atomic E-state index is 11.7. The highest BCUT2D eigenvalue weighted by Gasteiger charge is 2.12. The first-order valence-electron chi connectivity index (χ1n) is 8.17. The van der Waals surface area contributed by atoms with E-state index >= 15 is 0 Å². The zero-order chi connectivity index (χ0) is 20.5. The van der Waals surface area contributed by atoms with Crippen LogP contribution in [-0.4, -0.2) is 38.2 Å². The zero-order valence-corrected chi connectivity index (χ0v) is 16.0. The first-order valence-corrected chi connectivity index (χ1v) is 8.54. The fraction of sp³-hybridized carbons (Fsp3) is 0.211. The molecular formula is C19H19ClN2O6. The SMILES string of the molecule is COc1ccc(NC(=O)NC(=O)COC(=O)COc2ccc(Cl)cc2C)cc1. The number of amides is 3. The summed E-state index contributed by atoms with van der Waals surface area (Å²) in [4.78, 5) is 35.1. The summed E-state index contributed by atoms with van der Waals surface area (Å²) in [6, 6.07) is 10.7. The molecule has 0 aromatic heterocycles. The van der Waals surface area contributed by atoms with Crippen molar-refractivity contribution in [1.29, 1.82) is 0 Å². The maximum atomic E-state index is 11.7. The van der Waals surface area contributed by atoms with Crippen molar-refractivity contribution in [2.24, 2.45) is 0 Å². The van der Waals surface area contributed by atoms with E-state index in [0.717, 1.165) is 5.56 Å². The van der Waals surface area contributed by atoms with Gasteiger partial charge in [-0.1, -0.05) is 11.6 Å². The summed E-state index contributed by atoms with van der Waals surface area (Å²) >= 11 is 5.84. The number of hydrogen-bond acceptors (Lipinski definition) is 6. The monoisotopic (exact) mass is 406 g/mol. The van der Waals surface area contributed by atoms with E-state index in [2.05, 4.69) is 5.32 Å². The summed E-state index contributed by atoms with van der Waals surface area (Å²) in [6.07, 6.45) is 0. The quantitative estimate of drug-likeness (QED) is 0.685. The standard InChI is InChI=1S/C19H19ClN2O6/c1-12-9-13(20)3-8-16(12)27-11-18(24)28-10-17(23)22-19(25)21-14-4-6-15(26-2)7-5-14/h3-9H,10-11H2,1-2H3,(H2,21,22,23,25). The minimum Gasteiger partial charge on any atom is -0.497 e. The van der Waals surface area contributed by atoms with Crippen molar-refractivity contribution < 1.29 is 28.6 Å². The van der Waals surface area contributed by atoms with E-state index in [-0.39, 0.29) is 6.61 Å². The lowest BCUT2D eigenvalue weighted by Gasteiger charge is -2.10. The molecule has 9 heteroatoms. The molecule has 0 spiro atoms. The number of carbonyl (C=O) groups is 3. The van der Waals surface area contributed by atoms with Gasteiger partial charge >= 0.3 is 12.0 Å². The number of nitrogens with one attached hydrogen (secondary N) is 2. The van der Waals surface area contributed by atoms with Crippen LogP contribution in [0.15, 0.2) is 42.5 Å². The van der Waals surface area contributed by atoms with Crippen molar-refractivity contribution in [1.82, 2.24) is 5.32 Å². The molecule has 0 bridgehead atoms. The lowest BCUT2D eigenvalue weighted by atomic mass is 10.2. The van der Waals surface area contributed by atoms with Crippen LogP contribution in [0, 0.1) is 6.92 Å². The maximum Gasteiger partial charge on any atom is 0.344 e. The molecule has 0 radical (unpaired) electrons. The number of carbonyl (C=O) groups excluding carboxylic acids is 3. The van der Waals surface area contributed by atoms with Gasteiger partial charge in [-0.3, -0.25) is 10.1 Å². The molecule has 0 saturated heterocycles. The van der Waals surface area contributed by atoms with Gasteiger partial charge < -0.3 is 19.5 Å². The number of halogens is 1. The Balaban J connectivity index is 1.70. The number of aryl methyl sites for hydroxylation is 1. The Morgan fingerprint density at radius 1 is 1.04 bits per heavy atom. The van der Waals surface area contributed by atoms with Gasteiger partial charge in [0.05, 0.1) is 7.11 Å². The first-order chi connectivity index (χ1) is 13.4. The summed E-state index contributed by atoms with van der Waals surface area (Å²) in [7, 11) is 1.52. The second-order valence-corrected chi connectivity index (χ2v) is 6.03. The lowest BCUT2D eigenvalue weighted by molar-refractivity contribution is -0.150. The van der Waals surface area contributed by atoms with Gasteiger partial charge in [-0.05, 0) is 55.0 Å². The Morgan fingerprint density at radius 2 is 1.75 bits per heavy atom. The van der Waals surface area contributed by atoms with E-state index in [1.807, 2.05) is 5.32 Å². The molecule has 0 heterocycles. The number of rotatable bonds is 7. The van der Waals surface area contributed by atoms with Crippen LogP contribution in [0.3, 0.4) is 0 Å². The predicted octanol–water partition coefficient (Wildman–Crippen LogP) is 2.93. The zero-order valence-electron chi connectivity index (χ0n) is 15.3. The van der Waals surface area contributed by atoms with E-state index in [9.17, 15) is 14.4 Å². The summed E-state index contributed by atoms with van der Waals surface area (Å²) in [5.41, 5.74) is 1.23. The Kier molecular flexibility index (Phi) is 7.65. The molecule has 2 aromatic carbocycles. The van der Waals surface area contributed by atoms with Gasteiger partial charge in [-0.25, -0.2) is 9.59 Å². The molecule has 28 heavy (non-hydrogen) atoms. The van der Waals surface area contributed by atoms with Crippen LogP contribution >= 0.6 is 11.6 Å². The molecule has 2 aromatic rings. The number of imide groups is 1. The molecule has 3 amide bonds. The van der Waals surface area contributed by atoms with Crippen LogP contribution in [0.1, 0.15) is 5.56 Å². The van der Waals surface area contributed by atoms with Crippen molar-refractivity contribution in [2.45, 2.75) is 6.92 Å². The molecule has 0 aliphatic heterocycles. The van der Waals surface area contributed by atoms with E-state index < -0.39 is 24.5 Å². The molecule has 0 aliphatic rings. The van der Waals surface area contributed by atoms with Crippen molar-refractivity contribution >= 4 is 35.2 Å². The third kappa shape index (κ3) is 6.81. The molecular weight excluding hydrogens is 388 g/mol. The topological polar surface area (TPSA) is 103 Å². The van der Waals surface area contributed by atoms with E-state index in [0.29, 0.717) is 22.2 Å². The average molecular weight is 407 g/mol. The number of esters is 1. The minimum atomic E-state index is -0.776. The number of hydrogen-bond donors (Lipinski definition) is 2. The highest BCUT2D eigenvalue weighted by atomic mass is 35.5. The van der Waals surface area contributed by atoms with Crippen LogP contribution in [0.25, 0.3) is 0 Å². The molecule has 0 atom stereocenters. The number of urea groups is 1. The minimum absolute atomic E-state index is 0.381. The summed E-state index contributed by atoms with van der Waals surface area (Å²) < 4.78 is 15.1. The second kappa shape index (κ2) is 10.2. The van der Waals surface area contributed by atoms with Gasteiger partial charge in [0.15, 0.2) is 13.2 Å². The normalized spacial score (nSPS) is 9.96. The largest absolute Gasteiger partial charge is 0.497 e. The number of anilines is 1. The predicted molar refractivity (Wildman–Crippen MR) is 103 cm³/mol. The average Bonchev–Trinajstić information content (AvgIpc) is 2.66. The molecule has 8 nitrogen and oxygen atoms in total. The summed E-state index contributed by atoms with van der Waals surface area (Å²) in [5.74, 6) is -0.420. The van der Waals surface area contributed by atoms with Crippen LogP contribution in [-0.2, 0) is 14.3 Å². The number of benzene rings is 2. The molecule has 0 aliphatic carbocycles. The van der Waals surface area contributed by atoms with Crippen LogP contribution in [0.4, 0.5) is 10.5 Å². The van der Waals surface area contributed by atoms with Gasteiger partial charge in [0.2, 0.25) is 0 Å². The molecule has 0 unspecified atom stereocenters.